The van der Waals surface area contributed by atoms with Crippen LogP contribution in [0.4, 0.5) is 0 Å². The Bertz CT molecular complexity index is 580. The van der Waals surface area contributed by atoms with Gasteiger partial charge in [-0.3, -0.25) is 0 Å². The summed E-state index contributed by atoms with van der Waals surface area (Å²) in [4.78, 5) is 0. The molecule has 3 aliphatic rings. The summed E-state index contributed by atoms with van der Waals surface area (Å²) in [5.41, 5.74) is 6.87. The Labute approximate surface area is 123 Å². The maximum absolute atomic E-state index is 2.61. The number of aryl methyl sites for hydroxylation is 2. The molecule has 0 spiro atoms. The normalized spacial score (nSPS) is 38.8. The van der Waals surface area contributed by atoms with E-state index in [2.05, 4.69) is 45.0 Å². The molecule has 2 unspecified atom stereocenters. The topological polar surface area (TPSA) is 0 Å². The van der Waals surface area contributed by atoms with Crippen LogP contribution in [0.15, 0.2) is 24.3 Å². The van der Waals surface area contributed by atoms with E-state index in [0.29, 0.717) is 5.41 Å². The SMILES string of the molecule is Cc1ccc2c(c1)CCC1C2=CC[C@@]2(C)C1CC[C@@H]2C. The average Bonchev–Trinajstić information content (AvgIpc) is 2.74. The van der Waals surface area contributed by atoms with Crippen molar-refractivity contribution in [2.75, 3.05) is 0 Å². The minimum absolute atomic E-state index is 0.580. The molecule has 0 heteroatoms. The van der Waals surface area contributed by atoms with Crippen molar-refractivity contribution in [1.82, 2.24) is 0 Å². The summed E-state index contributed by atoms with van der Waals surface area (Å²) in [5, 5.41) is 0. The van der Waals surface area contributed by atoms with Crippen LogP contribution >= 0.6 is 0 Å². The lowest BCUT2D eigenvalue weighted by atomic mass is 9.58. The smallest absolute Gasteiger partial charge is 0.0122 e. The molecule has 0 aromatic heterocycles. The molecule has 3 aliphatic carbocycles. The highest BCUT2D eigenvalue weighted by Gasteiger charge is 2.50. The van der Waals surface area contributed by atoms with E-state index < -0.39 is 0 Å². The lowest BCUT2D eigenvalue weighted by Crippen LogP contribution is -2.37. The predicted octanol–water partition coefficient (Wildman–Crippen LogP) is 5.40. The highest BCUT2D eigenvalue weighted by Crippen LogP contribution is 2.60. The van der Waals surface area contributed by atoms with E-state index in [0.717, 1.165) is 17.8 Å². The van der Waals surface area contributed by atoms with E-state index in [1.54, 1.807) is 16.7 Å². The third kappa shape index (κ3) is 1.60. The molecule has 0 radical (unpaired) electrons. The fourth-order valence-corrected chi connectivity index (χ4v) is 5.35. The molecule has 1 aromatic rings. The van der Waals surface area contributed by atoms with Crippen LogP contribution in [0.2, 0.25) is 0 Å². The Morgan fingerprint density at radius 1 is 1.15 bits per heavy atom. The molecule has 0 amide bonds. The van der Waals surface area contributed by atoms with Gasteiger partial charge in [-0.15, -0.1) is 0 Å². The van der Waals surface area contributed by atoms with Crippen LogP contribution in [0.25, 0.3) is 5.57 Å². The van der Waals surface area contributed by atoms with Crippen LogP contribution in [0.3, 0.4) is 0 Å². The Morgan fingerprint density at radius 3 is 2.85 bits per heavy atom. The van der Waals surface area contributed by atoms with Crippen LogP contribution in [-0.2, 0) is 6.42 Å². The van der Waals surface area contributed by atoms with Gasteiger partial charge in [0.15, 0.2) is 0 Å². The van der Waals surface area contributed by atoms with Gasteiger partial charge in [-0.1, -0.05) is 43.7 Å². The number of allylic oxidation sites excluding steroid dienone is 2. The molecule has 4 rings (SSSR count). The largest absolute Gasteiger partial charge is 0.0799 e. The molecule has 20 heavy (non-hydrogen) atoms. The second-order valence-electron chi connectivity index (χ2n) is 7.76. The van der Waals surface area contributed by atoms with Crippen LogP contribution in [0.5, 0.6) is 0 Å². The molecule has 0 nitrogen and oxygen atoms in total. The van der Waals surface area contributed by atoms with Crippen molar-refractivity contribution in [2.24, 2.45) is 23.2 Å². The van der Waals surface area contributed by atoms with E-state index in [-0.39, 0.29) is 0 Å². The summed E-state index contributed by atoms with van der Waals surface area (Å²) in [6.45, 7) is 7.27. The van der Waals surface area contributed by atoms with Crippen LogP contribution in [0, 0.1) is 30.1 Å². The lowest BCUT2D eigenvalue weighted by molar-refractivity contribution is 0.125. The first-order valence-electron chi connectivity index (χ1n) is 8.39. The Morgan fingerprint density at radius 2 is 2.00 bits per heavy atom. The molecular weight excluding hydrogens is 240 g/mol. The highest BCUT2D eigenvalue weighted by molar-refractivity contribution is 5.73. The fourth-order valence-electron chi connectivity index (χ4n) is 5.35. The summed E-state index contributed by atoms with van der Waals surface area (Å²) in [6, 6.07) is 7.11. The quantitative estimate of drug-likeness (QED) is 0.590. The second-order valence-corrected chi connectivity index (χ2v) is 7.76. The Hall–Kier alpha value is -1.04. The number of hydrogen-bond donors (Lipinski definition) is 0. The molecule has 0 saturated heterocycles. The van der Waals surface area contributed by atoms with Gasteiger partial charge in [0, 0.05) is 0 Å². The van der Waals surface area contributed by atoms with Crippen molar-refractivity contribution < 1.29 is 0 Å². The number of rotatable bonds is 0. The van der Waals surface area contributed by atoms with Crippen LogP contribution in [0.1, 0.15) is 56.2 Å². The van der Waals surface area contributed by atoms with E-state index in [9.17, 15) is 0 Å². The average molecular weight is 266 g/mol. The fraction of sp³-hybridized carbons (Fsp3) is 0.600. The van der Waals surface area contributed by atoms with Crippen molar-refractivity contribution >= 4 is 5.57 Å². The van der Waals surface area contributed by atoms with Crippen molar-refractivity contribution in [3.63, 3.8) is 0 Å². The molecule has 1 fully saturated rings. The summed E-state index contributed by atoms with van der Waals surface area (Å²) in [7, 11) is 0. The van der Waals surface area contributed by atoms with Crippen molar-refractivity contribution in [2.45, 2.75) is 52.9 Å². The molecule has 0 bridgehead atoms. The summed E-state index contributed by atoms with van der Waals surface area (Å²) in [5.74, 6) is 2.69. The van der Waals surface area contributed by atoms with Gasteiger partial charge >= 0.3 is 0 Å². The maximum atomic E-state index is 2.61. The number of benzene rings is 1. The zero-order chi connectivity index (χ0) is 13.9. The van der Waals surface area contributed by atoms with E-state index >= 15 is 0 Å². The molecular formula is C20H26. The molecule has 106 valence electrons. The molecule has 0 N–H and O–H groups in total. The van der Waals surface area contributed by atoms with Gasteiger partial charge in [0.25, 0.3) is 0 Å². The standard InChI is InChI=1S/C20H26/c1-13-4-7-16-15(12-13)6-8-18-17(16)10-11-20(3)14(2)5-9-19(18)20/h4,7,10,12,14,18-19H,5-6,8-9,11H2,1-3H3/t14-,18?,19?,20+/m0/s1. The van der Waals surface area contributed by atoms with Gasteiger partial charge in [-0.2, -0.15) is 0 Å². The third-order valence-corrected chi connectivity index (χ3v) is 6.83. The van der Waals surface area contributed by atoms with Gasteiger partial charge in [0.1, 0.15) is 0 Å². The highest BCUT2D eigenvalue weighted by atomic mass is 14.5. The van der Waals surface area contributed by atoms with Crippen LogP contribution in [-0.4, -0.2) is 0 Å². The molecule has 1 aromatic carbocycles. The maximum Gasteiger partial charge on any atom is -0.0122 e. The first-order chi connectivity index (χ1) is 9.59. The van der Waals surface area contributed by atoms with Crippen molar-refractivity contribution in [3.05, 3.63) is 41.0 Å². The number of hydrogen-bond acceptors (Lipinski definition) is 0. The van der Waals surface area contributed by atoms with Gasteiger partial charge in [0.2, 0.25) is 0 Å². The zero-order valence-corrected chi connectivity index (χ0v) is 13.1. The van der Waals surface area contributed by atoms with Gasteiger partial charge in [-0.25, -0.2) is 0 Å². The van der Waals surface area contributed by atoms with E-state index in [1.807, 2.05) is 0 Å². The zero-order valence-electron chi connectivity index (χ0n) is 13.1. The first kappa shape index (κ1) is 12.7. The summed E-state index contributed by atoms with van der Waals surface area (Å²) in [6.07, 6.45) is 9.49. The predicted molar refractivity (Wildman–Crippen MR) is 85.6 cm³/mol. The molecule has 1 saturated carbocycles. The molecule has 0 aliphatic heterocycles. The van der Waals surface area contributed by atoms with E-state index in [4.69, 9.17) is 0 Å². The Balaban J connectivity index is 1.79. The van der Waals surface area contributed by atoms with Gasteiger partial charge in [-0.05, 0) is 78.9 Å². The summed E-state index contributed by atoms with van der Waals surface area (Å²) < 4.78 is 0. The summed E-state index contributed by atoms with van der Waals surface area (Å²) >= 11 is 0. The van der Waals surface area contributed by atoms with Gasteiger partial charge in [0.05, 0.1) is 0 Å². The lowest BCUT2D eigenvalue weighted by Gasteiger charge is -2.46. The van der Waals surface area contributed by atoms with Crippen LogP contribution < -0.4 is 0 Å². The molecule has 0 heterocycles. The van der Waals surface area contributed by atoms with Crippen molar-refractivity contribution in [3.8, 4) is 0 Å². The first-order valence-corrected chi connectivity index (χ1v) is 8.39. The molecule has 4 atom stereocenters. The second kappa shape index (κ2) is 4.23. The Kier molecular flexibility index (Phi) is 2.68. The minimum atomic E-state index is 0.580. The van der Waals surface area contributed by atoms with Crippen molar-refractivity contribution in [1.29, 1.82) is 0 Å². The third-order valence-electron chi connectivity index (χ3n) is 6.83. The number of fused-ring (bicyclic) bond motifs is 5. The monoisotopic (exact) mass is 266 g/mol. The minimum Gasteiger partial charge on any atom is -0.0799 e. The van der Waals surface area contributed by atoms with Gasteiger partial charge < -0.3 is 0 Å². The van der Waals surface area contributed by atoms with E-state index in [1.165, 1.54) is 37.7 Å².